The summed E-state index contributed by atoms with van der Waals surface area (Å²) in [5, 5.41) is 9.58. The van der Waals surface area contributed by atoms with Crippen LogP contribution >= 0.6 is 0 Å². The maximum atomic E-state index is 9.58. The van der Waals surface area contributed by atoms with Crippen molar-refractivity contribution in [3.8, 4) is 11.4 Å². The first kappa shape index (κ1) is 11.4. The van der Waals surface area contributed by atoms with Gasteiger partial charge in [0.05, 0.1) is 6.10 Å². The Kier molecular flexibility index (Phi) is 3.11. The van der Waals surface area contributed by atoms with Crippen LogP contribution in [-0.4, -0.2) is 25.7 Å². The van der Waals surface area contributed by atoms with Crippen molar-refractivity contribution in [2.24, 2.45) is 0 Å². The molecule has 2 aromatic heterocycles. The molecular formula is C14H17N3O. The first-order valence-corrected chi connectivity index (χ1v) is 6.46. The number of hydrogen-bond acceptors (Lipinski definition) is 3. The minimum Gasteiger partial charge on any atom is -0.393 e. The minimum atomic E-state index is -0.119. The van der Waals surface area contributed by atoms with Crippen LogP contribution in [0.1, 0.15) is 31.7 Å². The molecule has 0 amide bonds. The first-order chi connectivity index (χ1) is 8.84. The summed E-state index contributed by atoms with van der Waals surface area (Å²) < 4.78 is 2.23. The van der Waals surface area contributed by atoms with E-state index in [9.17, 15) is 5.11 Å². The van der Waals surface area contributed by atoms with E-state index in [2.05, 4.69) is 14.5 Å². The van der Waals surface area contributed by atoms with E-state index in [-0.39, 0.29) is 6.10 Å². The Bertz CT molecular complexity index is 501. The summed E-state index contributed by atoms with van der Waals surface area (Å²) >= 11 is 0. The third kappa shape index (κ3) is 2.16. The van der Waals surface area contributed by atoms with Crippen LogP contribution < -0.4 is 0 Å². The zero-order chi connectivity index (χ0) is 12.4. The highest BCUT2D eigenvalue weighted by Crippen LogP contribution is 2.31. The summed E-state index contributed by atoms with van der Waals surface area (Å²) in [5.74, 6) is 0.976. The number of pyridine rings is 1. The van der Waals surface area contributed by atoms with Gasteiger partial charge in [0.2, 0.25) is 0 Å². The SMILES string of the molecule is OC1CCC(n2ccnc2-c2cccnc2)CC1. The van der Waals surface area contributed by atoms with E-state index in [1.807, 2.05) is 30.7 Å². The van der Waals surface area contributed by atoms with Crippen molar-refractivity contribution in [3.63, 3.8) is 0 Å². The fourth-order valence-corrected chi connectivity index (χ4v) is 2.66. The monoisotopic (exact) mass is 243 g/mol. The summed E-state index contributed by atoms with van der Waals surface area (Å²) in [6.07, 6.45) is 11.2. The Morgan fingerprint density at radius 3 is 2.72 bits per heavy atom. The molecule has 0 saturated heterocycles. The van der Waals surface area contributed by atoms with Crippen LogP contribution in [0.15, 0.2) is 36.9 Å². The smallest absolute Gasteiger partial charge is 0.141 e. The second-order valence-corrected chi connectivity index (χ2v) is 4.86. The van der Waals surface area contributed by atoms with Gasteiger partial charge >= 0.3 is 0 Å². The molecule has 4 nitrogen and oxygen atoms in total. The molecule has 2 aromatic rings. The van der Waals surface area contributed by atoms with Gasteiger partial charge in [-0.05, 0) is 37.8 Å². The van der Waals surface area contributed by atoms with Gasteiger partial charge in [0.25, 0.3) is 0 Å². The van der Waals surface area contributed by atoms with Crippen LogP contribution in [-0.2, 0) is 0 Å². The van der Waals surface area contributed by atoms with Crippen molar-refractivity contribution in [2.45, 2.75) is 37.8 Å². The quantitative estimate of drug-likeness (QED) is 0.881. The van der Waals surface area contributed by atoms with E-state index in [1.54, 1.807) is 6.20 Å². The lowest BCUT2D eigenvalue weighted by atomic mass is 9.93. The van der Waals surface area contributed by atoms with Crippen molar-refractivity contribution in [3.05, 3.63) is 36.9 Å². The Morgan fingerprint density at radius 2 is 2.00 bits per heavy atom. The largest absolute Gasteiger partial charge is 0.393 e. The van der Waals surface area contributed by atoms with Crippen LogP contribution in [0.25, 0.3) is 11.4 Å². The Balaban J connectivity index is 1.88. The number of rotatable bonds is 2. The van der Waals surface area contributed by atoms with Crippen molar-refractivity contribution < 1.29 is 5.11 Å². The molecule has 1 aliphatic carbocycles. The van der Waals surface area contributed by atoms with Crippen molar-refractivity contribution in [1.29, 1.82) is 0 Å². The lowest BCUT2D eigenvalue weighted by Gasteiger charge is -2.27. The summed E-state index contributed by atoms with van der Waals surface area (Å²) in [5.41, 5.74) is 1.05. The molecule has 2 heterocycles. The predicted molar refractivity (Wildman–Crippen MR) is 69.0 cm³/mol. The topological polar surface area (TPSA) is 50.9 Å². The van der Waals surface area contributed by atoms with Gasteiger partial charge in [-0.3, -0.25) is 4.98 Å². The lowest BCUT2D eigenvalue weighted by Crippen LogP contribution is -2.21. The van der Waals surface area contributed by atoms with E-state index in [1.165, 1.54) is 0 Å². The second-order valence-electron chi connectivity index (χ2n) is 4.86. The zero-order valence-corrected chi connectivity index (χ0v) is 10.2. The van der Waals surface area contributed by atoms with Crippen LogP contribution in [0.3, 0.4) is 0 Å². The average Bonchev–Trinajstić information content (AvgIpc) is 2.90. The summed E-state index contributed by atoms with van der Waals surface area (Å²) in [7, 11) is 0. The van der Waals surface area contributed by atoms with Crippen molar-refractivity contribution in [2.75, 3.05) is 0 Å². The number of aliphatic hydroxyl groups is 1. The van der Waals surface area contributed by atoms with E-state index in [0.717, 1.165) is 37.1 Å². The molecule has 0 spiro atoms. The lowest BCUT2D eigenvalue weighted by molar-refractivity contribution is 0.111. The molecule has 0 radical (unpaired) electrons. The van der Waals surface area contributed by atoms with Gasteiger partial charge in [0.15, 0.2) is 0 Å². The van der Waals surface area contributed by atoms with Gasteiger partial charge in [0.1, 0.15) is 5.82 Å². The minimum absolute atomic E-state index is 0.119. The summed E-state index contributed by atoms with van der Waals surface area (Å²) in [6, 6.07) is 4.41. The van der Waals surface area contributed by atoms with Crippen LogP contribution in [0.2, 0.25) is 0 Å². The summed E-state index contributed by atoms with van der Waals surface area (Å²) in [4.78, 5) is 8.59. The van der Waals surface area contributed by atoms with Crippen LogP contribution in [0.5, 0.6) is 0 Å². The maximum absolute atomic E-state index is 9.58. The molecule has 18 heavy (non-hydrogen) atoms. The van der Waals surface area contributed by atoms with E-state index >= 15 is 0 Å². The van der Waals surface area contributed by atoms with Gasteiger partial charge in [-0.1, -0.05) is 0 Å². The van der Waals surface area contributed by atoms with Crippen LogP contribution in [0, 0.1) is 0 Å². The third-order valence-corrected chi connectivity index (χ3v) is 3.65. The predicted octanol–water partition coefficient (Wildman–Crippen LogP) is 2.42. The normalized spacial score (nSPS) is 24.1. The van der Waals surface area contributed by atoms with Crippen molar-refractivity contribution >= 4 is 0 Å². The Hall–Kier alpha value is -1.68. The summed E-state index contributed by atoms with van der Waals surface area (Å²) in [6.45, 7) is 0. The number of hydrogen-bond donors (Lipinski definition) is 1. The molecule has 0 aromatic carbocycles. The van der Waals surface area contributed by atoms with Gasteiger partial charge in [-0.25, -0.2) is 4.98 Å². The molecule has 0 aliphatic heterocycles. The molecule has 1 saturated carbocycles. The molecule has 94 valence electrons. The first-order valence-electron chi connectivity index (χ1n) is 6.46. The third-order valence-electron chi connectivity index (χ3n) is 3.65. The molecule has 3 rings (SSSR count). The Morgan fingerprint density at radius 1 is 1.17 bits per heavy atom. The fourth-order valence-electron chi connectivity index (χ4n) is 2.66. The second kappa shape index (κ2) is 4.90. The van der Waals surface area contributed by atoms with Gasteiger partial charge < -0.3 is 9.67 Å². The van der Waals surface area contributed by atoms with E-state index in [0.29, 0.717) is 6.04 Å². The van der Waals surface area contributed by atoms with Gasteiger partial charge in [-0.2, -0.15) is 0 Å². The molecule has 1 aliphatic rings. The number of aromatic nitrogens is 3. The molecule has 0 atom stereocenters. The molecule has 0 unspecified atom stereocenters. The van der Waals surface area contributed by atoms with Gasteiger partial charge in [-0.15, -0.1) is 0 Å². The molecular weight excluding hydrogens is 226 g/mol. The number of nitrogens with zero attached hydrogens (tertiary/aromatic N) is 3. The molecule has 1 N–H and O–H groups in total. The molecule has 0 bridgehead atoms. The van der Waals surface area contributed by atoms with E-state index < -0.39 is 0 Å². The van der Waals surface area contributed by atoms with E-state index in [4.69, 9.17) is 0 Å². The zero-order valence-electron chi connectivity index (χ0n) is 10.2. The highest BCUT2D eigenvalue weighted by Gasteiger charge is 2.22. The molecule has 1 fully saturated rings. The molecule has 4 heteroatoms. The van der Waals surface area contributed by atoms with Crippen molar-refractivity contribution in [1.82, 2.24) is 14.5 Å². The highest BCUT2D eigenvalue weighted by molar-refractivity contribution is 5.53. The Labute approximate surface area is 106 Å². The maximum Gasteiger partial charge on any atom is 0.141 e. The van der Waals surface area contributed by atoms with Gasteiger partial charge in [0, 0.05) is 36.4 Å². The fraction of sp³-hybridized carbons (Fsp3) is 0.429. The number of aliphatic hydroxyl groups excluding tert-OH is 1. The standard InChI is InChI=1S/C14H17N3O/c18-13-5-3-12(4-6-13)17-9-8-16-14(17)11-2-1-7-15-10-11/h1-2,7-10,12-13,18H,3-6H2. The van der Waals surface area contributed by atoms with Crippen LogP contribution in [0.4, 0.5) is 0 Å². The highest BCUT2D eigenvalue weighted by atomic mass is 16.3. The average molecular weight is 243 g/mol. The number of imidazole rings is 1.